The standard InChI is InChI=1S/C2H4Cl2.ClHO4S/c3-1-2-4;1-5-6(2,3)4/h1-2H2;(H,2,3,4). The number of hydrogen-bond donors (Lipinski definition) is 1. The molecule has 0 spiro atoms. The molecule has 0 fully saturated rings. The van der Waals surface area contributed by atoms with Crippen LogP contribution in [0.25, 0.3) is 0 Å². The van der Waals surface area contributed by atoms with Crippen molar-refractivity contribution in [3.63, 3.8) is 0 Å². The van der Waals surface area contributed by atoms with Gasteiger partial charge in [-0.25, -0.2) is 0 Å². The lowest BCUT2D eigenvalue weighted by atomic mass is 11.0. The van der Waals surface area contributed by atoms with E-state index in [1.807, 2.05) is 0 Å². The Morgan fingerprint density at radius 2 is 1.50 bits per heavy atom. The van der Waals surface area contributed by atoms with Gasteiger partial charge in [0.2, 0.25) is 0 Å². The van der Waals surface area contributed by atoms with Crippen LogP contribution in [0.5, 0.6) is 0 Å². The molecule has 0 aliphatic rings. The van der Waals surface area contributed by atoms with Gasteiger partial charge in [0.25, 0.3) is 0 Å². The van der Waals surface area contributed by atoms with Crippen molar-refractivity contribution >= 4 is 45.5 Å². The fourth-order valence-corrected chi connectivity index (χ4v) is 0. The summed E-state index contributed by atoms with van der Waals surface area (Å²) in [5.41, 5.74) is 0. The first-order valence-corrected chi connectivity index (χ1v) is 4.61. The highest BCUT2D eigenvalue weighted by atomic mass is 35.5. The second-order valence-corrected chi connectivity index (χ2v) is 2.98. The van der Waals surface area contributed by atoms with E-state index in [2.05, 4.69) is 15.6 Å². The fraction of sp³-hybridized carbons (Fsp3) is 1.00. The number of halogens is 3. The van der Waals surface area contributed by atoms with Gasteiger partial charge < -0.3 is 0 Å². The molecule has 10 heavy (non-hydrogen) atoms. The number of hydrogen-bond acceptors (Lipinski definition) is 3. The molecular weight excluding hydrogens is 226 g/mol. The van der Waals surface area contributed by atoms with Gasteiger partial charge in [0.05, 0.1) is 11.9 Å². The average molecular weight is 231 g/mol. The third kappa shape index (κ3) is 23.3. The number of alkyl halides is 2. The van der Waals surface area contributed by atoms with Crippen molar-refractivity contribution in [2.45, 2.75) is 0 Å². The Morgan fingerprint density at radius 3 is 1.50 bits per heavy atom. The Balaban J connectivity index is 0. The topological polar surface area (TPSA) is 63.6 Å². The van der Waals surface area contributed by atoms with E-state index < -0.39 is 10.4 Å². The van der Waals surface area contributed by atoms with Crippen LogP contribution in [0.2, 0.25) is 0 Å². The van der Waals surface area contributed by atoms with E-state index in [0.29, 0.717) is 11.8 Å². The highest BCUT2D eigenvalue weighted by Gasteiger charge is 1.97. The van der Waals surface area contributed by atoms with Crippen molar-refractivity contribution in [3.8, 4) is 0 Å². The summed E-state index contributed by atoms with van der Waals surface area (Å²) in [6.45, 7) is 0. The third-order valence-corrected chi connectivity index (χ3v) is 1.36. The minimum absolute atomic E-state index is 0.557. The van der Waals surface area contributed by atoms with Crippen molar-refractivity contribution in [2.75, 3.05) is 11.8 Å². The molecule has 0 aliphatic carbocycles. The Hall–Kier alpha value is 0.740. The second-order valence-electron chi connectivity index (χ2n) is 0.869. The maximum Gasteiger partial charge on any atom is 0.413 e. The van der Waals surface area contributed by atoms with Gasteiger partial charge in [-0.15, -0.1) is 26.9 Å². The van der Waals surface area contributed by atoms with Gasteiger partial charge in [-0.2, -0.15) is 8.42 Å². The lowest BCUT2D eigenvalue weighted by molar-refractivity contribution is 0.400. The van der Waals surface area contributed by atoms with Crippen molar-refractivity contribution < 1.29 is 16.7 Å². The summed E-state index contributed by atoms with van der Waals surface area (Å²) in [4.78, 5) is 0. The largest absolute Gasteiger partial charge is 0.413 e. The van der Waals surface area contributed by atoms with Crippen molar-refractivity contribution in [1.29, 1.82) is 0 Å². The maximum absolute atomic E-state index is 9.20. The van der Waals surface area contributed by atoms with Gasteiger partial charge in [-0.1, -0.05) is 0 Å². The van der Waals surface area contributed by atoms with Crippen LogP contribution < -0.4 is 0 Å². The first-order valence-electron chi connectivity index (χ1n) is 1.87. The molecule has 0 aromatic heterocycles. The molecule has 8 heteroatoms. The zero-order valence-corrected chi connectivity index (χ0v) is 7.71. The third-order valence-electron chi connectivity index (χ3n) is 0.151. The van der Waals surface area contributed by atoms with E-state index in [1.165, 1.54) is 0 Å². The molecule has 0 atom stereocenters. The van der Waals surface area contributed by atoms with Gasteiger partial charge >= 0.3 is 10.4 Å². The summed E-state index contributed by atoms with van der Waals surface area (Å²) in [5.74, 6) is 1.11. The first kappa shape index (κ1) is 13.3. The van der Waals surface area contributed by atoms with Crippen LogP contribution in [0, 0.1) is 0 Å². The van der Waals surface area contributed by atoms with Gasteiger partial charge in [0, 0.05) is 11.8 Å². The van der Waals surface area contributed by atoms with Crippen LogP contribution in [0.3, 0.4) is 0 Å². The lowest BCUT2D eigenvalue weighted by Crippen LogP contribution is -1.92. The van der Waals surface area contributed by atoms with E-state index in [0.717, 1.165) is 0 Å². The minimum Gasteiger partial charge on any atom is -0.263 e. The predicted molar refractivity (Wildman–Crippen MR) is 39.9 cm³/mol. The monoisotopic (exact) mass is 230 g/mol. The van der Waals surface area contributed by atoms with E-state index in [4.69, 9.17) is 27.8 Å². The van der Waals surface area contributed by atoms with Crippen LogP contribution in [0.15, 0.2) is 0 Å². The summed E-state index contributed by atoms with van der Waals surface area (Å²) in [6.07, 6.45) is 0. The zero-order chi connectivity index (χ0) is 8.62. The quantitative estimate of drug-likeness (QED) is 0.577. The Morgan fingerprint density at radius 1 is 1.30 bits per heavy atom. The second kappa shape index (κ2) is 7.84. The molecule has 0 saturated heterocycles. The van der Waals surface area contributed by atoms with E-state index in [9.17, 15) is 8.42 Å². The molecule has 0 unspecified atom stereocenters. The SMILES string of the molecule is ClCCCl.O=S(=O)(O)OCl. The van der Waals surface area contributed by atoms with Crippen LogP contribution in [0.4, 0.5) is 0 Å². The smallest absolute Gasteiger partial charge is 0.263 e. The lowest BCUT2D eigenvalue weighted by Gasteiger charge is -1.77. The number of rotatable bonds is 2. The Labute approximate surface area is 74.1 Å². The summed E-state index contributed by atoms with van der Waals surface area (Å²) >= 11 is 14.2. The molecule has 0 radical (unpaired) electrons. The molecule has 0 amide bonds. The predicted octanol–water partition coefficient (Wildman–Crippen LogP) is 1.42. The van der Waals surface area contributed by atoms with Crippen LogP contribution in [0.1, 0.15) is 0 Å². The van der Waals surface area contributed by atoms with Gasteiger partial charge in [-0.05, 0) is 0 Å². The molecular formula is C2H5Cl3O4S. The molecule has 0 bridgehead atoms. The summed E-state index contributed by atoms with van der Waals surface area (Å²) in [6, 6.07) is 0. The molecule has 0 heterocycles. The van der Waals surface area contributed by atoms with Gasteiger partial charge in [0.1, 0.15) is 0 Å². The summed E-state index contributed by atoms with van der Waals surface area (Å²) < 4.78 is 28.8. The molecule has 64 valence electrons. The fourth-order valence-electron chi connectivity index (χ4n) is 0. The zero-order valence-electron chi connectivity index (χ0n) is 4.63. The highest BCUT2D eigenvalue weighted by Crippen LogP contribution is 1.86. The van der Waals surface area contributed by atoms with Crippen LogP contribution in [-0.2, 0) is 14.1 Å². The Kier molecular flexibility index (Phi) is 10.5. The molecule has 4 nitrogen and oxygen atoms in total. The molecule has 0 aliphatic heterocycles. The van der Waals surface area contributed by atoms with E-state index >= 15 is 0 Å². The molecule has 0 saturated carbocycles. The van der Waals surface area contributed by atoms with Crippen LogP contribution in [-0.4, -0.2) is 24.7 Å². The van der Waals surface area contributed by atoms with E-state index in [-0.39, 0.29) is 0 Å². The molecule has 0 aromatic carbocycles. The van der Waals surface area contributed by atoms with Crippen molar-refractivity contribution in [2.24, 2.45) is 0 Å². The molecule has 0 rings (SSSR count). The first-order chi connectivity index (χ1) is 4.47. The molecule has 1 N–H and O–H groups in total. The van der Waals surface area contributed by atoms with Gasteiger partial charge in [-0.3, -0.25) is 4.55 Å². The normalized spacial score (nSPS) is 10.0. The van der Waals surface area contributed by atoms with Crippen molar-refractivity contribution in [3.05, 3.63) is 0 Å². The summed E-state index contributed by atoms with van der Waals surface area (Å²) in [7, 11) is -4.40. The van der Waals surface area contributed by atoms with Crippen molar-refractivity contribution in [1.82, 2.24) is 0 Å². The average Bonchev–Trinajstić information content (AvgIpc) is 1.87. The van der Waals surface area contributed by atoms with Crippen LogP contribution >= 0.6 is 35.1 Å². The highest BCUT2D eigenvalue weighted by molar-refractivity contribution is 7.81. The van der Waals surface area contributed by atoms with Gasteiger partial charge in [0.15, 0.2) is 0 Å². The van der Waals surface area contributed by atoms with E-state index in [1.54, 1.807) is 0 Å². The minimum atomic E-state index is -4.40. The Bertz CT molecular complexity index is 141. The summed E-state index contributed by atoms with van der Waals surface area (Å²) in [5, 5.41) is 0. The molecule has 0 aromatic rings. The maximum atomic E-state index is 9.20.